The Hall–Kier alpha value is -1.42. The van der Waals surface area contributed by atoms with Gasteiger partial charge in [0.2, 0.25) is 0 Å². The van der Waals surface area contributed by atoms with Crippen molar-refractivity contribution in [3.05, 3.63) is 0 Å². The van der Waals surface area contributed by atoms with E-state index < -0.39 is 5.54 Å². The van der Waals surface area contributed by atoms with Crippen molar-refractivity contribution < 1.29 is 0 Å². The fraction of sp³-hybridized carbons (Fsp3) is 0.500. The van der Waals surface area contributed by atoms with Crippen molar-refractivity contribution in [1.82, 2.24) is 5.53 Å². The van der Waals surface area contributed by atoms with Crippen LogP contribution in [0.25, 0.3) is 0 Å². The van der Waals surface area contributed by atoms with E-state index >= 15 is 0 Å². The zero-order valence-electron chi connectivity index (χ0n) is 4.29. The smallest absolute Gasteiger partial charge is 0.194 e. The van der Waals surface area contributed by atoms with Crippen LogP contribution in [0.5, 0.6) is 0 Å². The second kappa shape index (κ2) is 2.04. The van der Waals surface area contributed by atoms with Crippen molar-refractivity contribution in [3.63, 3.8) is 0 Å². The van der Waals surface area contributed by atoms with Crippen LogP contribution in [-0.2, 0) is 0 Å². The summed E-state index contributed by atoms with van der Waals surface area (Å²) in [6, 6.07) is 3.00. The fourth-order valence-corrected chi connectivity index (χ4v) is 0.0697. The number of rotatable bonds is 1. The van der Waals surface area contributed by atoms with Crippen LogP contribution in [0.2, 0.25) is 0 Å². The summed E-state index contributed by atoms with van der Waals surface area (Å²) in [5.74, 6) is 0. The first-order chi connectivity index (χ1) is 3.68. The topological polar surface area (TPSA) is 82.2 Å². The van der Waals surface area contributed by atoms with E-state index in [1.54, 1.807) is 0 Å². The summed E-state index contributed by atoms with van der Waals surface area (Å²) in [4.78, 5) is 0. The minimum Gasteiger partial charge on any atom is -0.194 e. The van der Waals surface area contributed by atoms with Gasteiger partial charge in [-0.3, -0.25) is 0 Å². The predicted octanol–water partition coefficient (Wildman–Crippen LogP) is 0.0446. The lowest BCUT2D eigenvalue weighted by Crippen LogP contribution is -2.14. The molecule has 0 N–H and O–H groups in total. The maximum absolute atomic E-state index is 8.06. The molecular weight excluding hydrogens is 104 g/mol. The highest BCUT2D eigenvalue weighted by molar-refractivity contribution is 5.18. The molecule has 0 aliphatic carbocycles. The first kappa shape index (κ1) is 6.58. The summed E-state index contributed by atoms with van der Waals surface area (Å²) in [5, 5.41) is 18.7. The molecular formula is C4H3N4. The van der Waals surface area contributed by atoms with Crippen LogP contribution >= 0.6 is 0 Å². The van der Waals surface area contributed by atoms with Gasteiger partial charge in [0.15, 0.2) is 0 Å². The summed E-state index contributed by atoms with van der Waals surface area (Å²) in [6.45, 7) is 1.22. The highest BCUT2D eigenvalue weighted by Crippen LogP contribution is 2.02. The van der Waals surface area contributed by atoms with Crippen LogP contribution < -0.4 is 5.53 Å². The molecule has 0 aliphatic rings. The summed E-state index contributed by atoms with van der Waals surface area (Å²) >= 11 is 0. The standard InChI is InChI=1S/C4H3N4/c1-4(2-5,3-6)8-7/h1H3. The van der Waals surface area contributed by atoms with Crippen LogP contribution in [0.4, 0.5) is 0 Å². The lowest BCUT2D eigenvalue weighted by Gasteiger charge is -1.96. The first-order valence-electron chi connectivity index (χ1n) is 1.87. The molecule has 8 heavy (non-hydrogen) atoms. The van der Waals surface area contributed by atoms with Gasteiger partial charge in [-0.05, 0) is 12.5 Å². The predicted molar refractivity (Wildman–Crippen MR) is 24.2 cm³/mol. The van der Waals surface area contributed by atoms with Crippen LogP contribution in [-0.4, -0.2) is 5.54 Å². The minimum absolute atomic E-state index is 1.22. The Kier molecular flexibility index (Phi) is 1.68. The van der Waals surface area contributed by atoms with Crippen LogP contribution in [0.1, 0.15) is 6.92 Å². The van der Waals surface area contributed by atoms with Crippen molar-refractivity contribution in [3.8, 4) is 12.1 Å². The Labute approximate surface area is 46.9 Å². The monoisotopic (exact) mass is 107 g/mol. The van der Waals surface area contributed by atoms with E-state index in [-0.39, 0.29) is 0 Å². The molecule has 4 heteroatoms. The number of nitrogens with zero attached hydrogens (tertiary/aromatic N) is 4. The summed E-state index contributed by atoms with van der Waals surface area (Å²) in [5.41, 5.74) is 6.38. The Morgan fingerprint density at radius 3 is 1.75 bits per heavy atom. The minimum atomic E-state index is -1.58. The average molecular weight is 107 g/mol. The van der Waals surface area contributed by atoms with Gasteiger partial charge in [-0.25, -0.2) is 0 Å². The van der Waals surface area contributed by atoms with Gasteiger partial charge in [0, 0.05) is 0 Å². The van der Waals surface area contributed by atoms with Gasteiger partial charge < -0.3 is 0 Å². The summed E-state index contributed by atoms with van der Waals surface area (Å²) in [6.07, 6.45) is 0. The molecule has 1 radical (unpaired) electrons. The van der Waals surface area contributed by atoms with Gasteiger partial charge in [0.05, 0.1) is 0 Å². The molecule has 0 heterocycles. The molecule has 0 spiro atoms. The molecule has 0 amide bonds. The summed E-state index contributed by atoms with van der Waals surface area (Å²) < 4.78 is 0. The van der Waals surface area contributed by atoms with Crippen LogP contribution in [0.3, 0.4) is 0 Å². The molecule has 4 nitrogen and oxygen atoms in total. The van der Waals surface area contributed by atoms with Gasteiger partial charge in [-0.2, -0.15) is 10.5 Å². The number of nitriles is 2. The third kappa shape index (κ3) is 1.02. The van der Waals surface area contributed by atoms with Crippen molar-refractivity contribution in [2.45, 2.75) is 12.5 Å². The molecule has 0 unspecified atom stereocenters. The SMILES string of the molecule is CC(C#N)(C#N)N=[N]. The maximum Gasteiger partial charge on any atom is 0.251 e. The Morgan fingerprint density at radius 1 is 1.38 bits per heavy atom. The van der Waals surface area contributed by atoms with Crippen molar-refractivity contribution >= 4 is 0 Å². The molecule has 0 saturated carbocycles. The second-order valence-electron chi connectivity index (χ2n) is 1.40. The molecule has 0 aromatic carbocycles. The molecule has 0 aliphatic heterocycles. The molecule has 0 fully saturated rings. The van der Waals surface area contributed by atoms with Gasteiger partial charge in [0.1, 0.15) is 12.1 Å². The van der Waals surface area contributed by atoms with Crippen molar-refractivity contribution in [1.29, 1.82) is 10.5 Å². The normalized spacial score (nSPS) is 8.88. The molecule has 0 atom stereocenters. The highest BCUT2D eigenvalue weighted by atomic mass is 15.0. The average Bonchev–Trinajstić information content (AvgIpc) is 1.87. The molecule has 39 valence electrons. The van der Waals surface area contributed by atoms with E-state index in [4.69, 9.17) is 16.1 Å². The zero-order valence-corrected chi connectivity index (χ0v) is 4.29. The number of hydrogen-bond donors (Lipinski definition) is 0. The fourth-order valence-electron chi connectivity index (χ4n) is 0.0697. The van der Waals surface area contributed by atoms with Gasteiger partial charge >= 0.3 is 0 Å². The van der Waals surface area contributed by atoms with E-state index in [9.17, 15) is 0 Å². The third-order valence-corrected chi connectivity index (χ3v) is 0.635. The van der Waals surface area contributed by atoms with Gasteiger partial charge in [-0.15, -0.1) is 5.11 Å². The molecule has 0 saturated heterocycles. The number of hydrogen-bond acceptors (Lipinski definition) is 3. The zero-order chi connectivity index (χ0) is 6.62. The molecule has 0 aromatic rings. The molecule has 0 aromatic heterocycles. The molecule has 0 bridgehead atoms. The van der Waals surface area contributed by atoms with E-state index in [2.05, 4.69) is 5.11 Å². The maximum atomic E-state index is 8.06. The highest BCUT2D eigenvalue weighted by Gasteiger charge is 2.20. The Balaban J connectivity index is 4.34. The molecule has 0 rings (SSSR count). The lowest BCUT2D eigenvalue weighted by molar-refractivity contribution is 0.724. The third-order valence-electron chi connectivity index (χ3n) is 0.635. The second-order valence-corrected chi connectivity index (χ2v) is 1.40. The quantitative estimate of drug-likeness (QED) is 0.443. The first-order valence-corrected chi connectivity index (χ1v) is 1.87. The summed E-state index contributed by atoms with van der Waals surface area (Å²) in [7, 11) is 0. The van der Waals surface area contributed by atoms with Crippen molar-refractivity contribution in [2.75, 3.05) is 0 Å². The van der Waals surface area contributed by atoms with Crippen LogP contribution in [0.15, 0.2) is 5.11 Å². The van der Waals surface area contributed by atoms with Gasteiger partial charge in [0.25, 0.3) is 5.54 Å². The lowest BCUT2D eigenvalue weighted by atomic mass is 10.1. The largest absolute Gasteiger partial charge is 0.251 e. The Morgan fingerprint density at radius 2 is 1.75 bits per heavy atom. The van der Waals surface area contributed by atoms with Crippen molar-refractivity contribution in [2.24, 2.45) is 5.11 Å². The van der Waals surface area contributed by atoms with E-state index in [1.165, 1.54) is 19.1 Å². The van der Waals surface area contributed by atoms with E-state index in [1.807, 2.05) is 0 Å². The van der Waals surface area contributed by atoms with Gasteiger partial charge in [-0.1, -0.05) is 0 Å². The van der Waals surface area contributed by atoms with E-state index in [0.717, 1.165) is 0 Å². The van der Waals surface area contributed by atoms with Crippen LogP contribution in [0, 0.1) is 22.7 Å². The van der Waals surface area contributed by atoms with E-state index in [0.29, 0.717) is 0 Å². The Bertz CT molecular complexity index is 155.